The second-order valence-corrected chi connectivity index (χ2v) is 7.06. The van der Waals surface area contributed by atoms with Gasteiger partial charge in [0, 0.05) is 31.9 Å². The number of hydrogen-bond acceptors (Lipinski definition) is 6. The molecule has 3 atom stereocenters. The SMILES string of the molecule is C=CCO[C@@H]1CN(Cc2ccccn2)[C@@H]2CCCO[C@@H]21.O=C(O)C(F)(F)F.O=C(O)C(F)(F)F. The van der Waals surface area contributed by atoms with Gasteiger partial charge in [-0.3, -0.25) is 9.88 Å². The summed E-state index contributed by atoms with van der Waals surface area (Å²) in [6.45, 7) is 6.96. The van der Waals surface area contributed by atoms with Gasteiger partial charge in [0.25, 0.3) is 0 Å². The molecule has 2 aliphatic rings. The average Bonchev–Trinajstić information content (AvgIpc) is 3.10. The lowest BCUT2D eigenvalue weighted by Gasteiger charge is -2.32. The van der Waals surface area contributed by atoms with E-state index in [2.05, 4.69) is 22.5 Å². The second-order valence-electron chi connectivity index (χ2n) is 7.06. The van der Waals surface area contributed by atoms with Crippen molar-refractivity contribution in [1.82, 2.24) is 9.88 Å². The van der Waals surface area contributed by atoms with Crippen molar-refractivity contribution >= 4 is 11.9 Å². The molecule has 0 bridgehead atoms. The van der Waals surface area contributed by atoms with Gasteiger partial charge in [-0.1, -0.05) is 12.1 Å². The Hall–Kier alpha value is -2.71. The van der Waals surface area contributed by atoms with Crippen LogP contribution in [0, 0.1) is 0 Å². The van der Waals surface area contributed by atoms with Crippen molar-refractivity contribution in [3.8, 4) is 0 Å². The van der Waals surface area contributed by atoms with E-state index in [-0.39, 0.29) is 12.2 Å². The summed E-state index contributed by atoms with van der Waals surface area (Å²) in [5, 5.41) is 14.2. The van der Waals surface area contributed by atoms with Crippen LogP contribution >= 0.6 is 0 Å². The summed E-state index contributed by atoms with van der Waals surface area (Å²) in [6.07, 6.45) is -3.83. The molecular formula is C20H24F6N2O6. The first-order valence-electron chi connectivity index (χ1n) is 9.85. The molecule has 2 N–H and O–H groups in total. The van der Waals surface area contributed by atoms with Crippen LogP contribution in [0.4, 0.5) is 26.3 Å². The van der Waals surface area contributed by atoms with E-state index in [0.29, 0.717) is 12.6 Å². The fourth-order valence-corrected chi connectivity index (χ4v) is 3.22. The Kier molecular flexibility index (Phi) is 11.4. The first kappa shape index (κ1) is 29.3. The van der Waals surface area contributed by atoms with Gasteiger partial charge in [-0.15, -0.1) is 6.58 Å². The van der Waals surface area contributed by atoms with Gasteiger partial charge in [0.05, 0.1) is 18.4 Å². The molecule has 0 unspecified atom stereocenters. The summed E-state index contributed by atoms with van der Waals surface area (Å²) >= 11 is 0. The maximum atomic E-state index is 10.6. The van der Waals surface area contributed by atoms with Crippen molar-refractivity contribution in [3.63, 3.8) is 0 Å². The molecule has 0 aliphatic carbocycles. The maximum absolute atomic E-state index is 10.6. The van der Waals surface area contributed by atoms with Crippen LogP contribution in [-0.2, 0) is 25.6 Å². The van der Waals surface area contributed by atoms with Crippen LogP contribution < -0.4 is 0 Å². The molecule has 2 saturated heterocycles. The highest BCUT2D eigenvalue weighted by Crippen LogP contribution is 2.31. The van der Waals surface area contributed by atoms with E-state index in [4.69, 9.17) is 29.3 Å². The summed E-state index contributed by atoms with van der Waals surface area (Å²) in [5.41, 5.74) is 1.11. The number of ether oxygens (including phenoxy) is 2. The highest BCUT2D eigenvalue weighted by molar-refractivity contribution is 5.73. The zero-order chi connectivity index (χ0) is 25.9. The molecule has 3 rings (SSSR count). The second kappa shape index (κ2) is 13.2. The fourth-order valence-electron chi connectivity index (χ4n) is 3.22. The van der Waals surface area contributed by atoms with E-state index >= 15 is 0 Å². The van der Waals surface area contributed by atoms with E-state index in [1.54, 1.807) is 6.08 Å². The Morgan fingerprint density at radius 3 is 2.24 bits per heavy atom. The predicted octanol–water partition coefficient (Wildman–Crippen LogP) is 3.28. The van der Waals surface area contributed by atoms with Crippen LogP contribution in [0.1, 0.15) is 18.5 Å². The number of aromatic nitrogens is 1. The minimum Gasteiger partial charge on any atom is -0.475 e. The summed E-state index contributed by atoms with van der Waals surface area (Å²) < 4.78 is 75.3. The monoisotopic (exact) mass is 502 g/mol. The molecule has 192 valence electrons. The Balaban J connectivity index is 0.000000343. The molecule has 0 saturated carbocycles. The zero-order valence-corrected chi connectivity index (χ0v) is 17.8. The van der Waals surface area contributed by atoms with Crippen molar-refractivity contribution in [2.24, 2.45) is 0 Å². The maximum Gasteiger partial charge on any atom is 0.490 e. The Labute approximate surface area is 190 Å². The number of carbonyl (C=O) groups is 2. The molecule has 8 nitrogen and oxygen atoms in total. The number of alkyl halides is 6. The lowest BCUT2D eigenvalue weighted by Crippen LogP contribution is -2.41. The number of aliphatic carboxylic acids is 2. The van der Waals surface area contributed by atoms with Crippen molar-refractivity contribution in [1.29, 1.82) is 0 Å². The van der Waals surface area contributed by atoms with Crippen molar-refractivity contribution in [2.45, 2.75) is 50.0 Å². The number of carboxylic acids is 2. The molecule has 3 heterocycles. The van der Waals surface area contributed by atoms with Crippen molar-refractivity contribution in [2.75, 3.05) is 19.8 Å². The highest BCUT2D eigenvalue weighted by atomic mass is 19.4. The van der Waals surface area contributed by atoms with Crippen molar-refractivity contribution < 1.29 is 55.6 Å². The molecule has 0 radical (unpaired) electrons. The summed E-state index contributed by atoms with van der Waals surface area (Å²) in [5.74, 6) is -5.51. The van der Waals surface area contributed by atoms with Crippen LogP contribution in [0.25, 0.3) is 0 Å². The number of halogens is 6. The van der Waals surface area contributed by atoms with Gasteiger partial charge in [-0.25, -0.2) is 9.59 Å². The normalized spacial score (nSPS) is 22.4. The summed E-state index contributed by atoms with van der Waals surface area (Å²) in [6, 6.07) is 6.53. The zero-order valence-electron chi connectivity index (χ0n) is 17.8. The van der Waals surface area contributed by atoms with E-state index in [1.807, 2.05) is 18.3 Å². The van der Waals surface area contributed by atoms with Gasteiger partial charge in [0.2, 0.25) is 0 Å². The van der Waals surface area contributed by atoms with Gasteiger partial charge >= 0.3 is 24.3 Å². The number of pyridine rings is 1. The third kappa shape index (κ3) is 10.1. The minimum atomic E-state index is -5.08. The molecule has 34 heavy (non-hydrogen) atoms. The largest absolute Gasteiger partial charge is 0.490 e. The summed E-state index contributed by atoms with van der Waals surface area (Å²) in [7, 11) is 0. The number of rotatable bonds is 5. The highest BCUT2D eigenvalue weighted by Gasteiger charge is 2.44. The molecule has 0 amide bonds. The van der Waals surface area contributed by atoms with Crippen molar-refractivity contribution in [3.05, 3.63) is 42.7 Å². The minimum absolute atomic E-state index is 0.155. The molecule has 14 heteroatoms. The van der Waals surface area contributed by atoms with Gasteiger partial charge in [-0.05, 0) is 25.0 Å². The molecule has 2 fully saturated rings. The number of fused-ring (bicyclic) bond motifs is 1. The predicted molar refractivity (Wildman–Crippen MR) is 105 cm³/mol. The Morgan fingerprint density at radius 1 is 1.18 bits per heavy atom. The molecule has 0 spiro atoms. The Morgan fingerprint density at radius 2 is 1.76 bits per heavy atom. The quantitative estimate of drug-likeness (QED) is 0.467. The van der Waals surface area contributed by atoms with Crippen LogP contribution in [0.2, 0.25) is 0 Å². The van der Waals surface area contributed by atoms with Gasteiger partial charge in [0.1, 0.15) is 6.10 Å². The Bertz CT molecular complexity index is 766. The van der Waals surface area contributed by atoms with Crippen LogP contribution in [0.5, 0.6) is 0 Å². The lowest BCUT2D eigenvalue weighted by molar-refractivity contribution is -0.193. The standard InChI is InChI=1S/C16H22N2O2.2C2HF3O2/c1-2-9-19-15-12-18(11-13-6-3-4-8-17-13)14-7-5-10-20-16(14)15;2*3-2(4,5)1(6)7/h2-4,6,8,14-16H,1,5,7,9-12H2;2*(H,6,7)/t14-,15-,16+;;/m1../s1. The molecule has 1 aromatic heterocycles. The number of likely N-dealkylation sites (tertiary alicyclic amines) is 1. The molecule has 2 aliphatic heterocycles. The third-order valence-electron chi connectivity index (χ3n) is 4.59. The van der Waals surface area contributed by atoms with Gasteiger partial charge < -0.3 is 19.7 Å². The molecule has 1 aromatic rings. The number of hydrogen-bond donors (Lipinski definition) is 2. The van der Waals surface area contributed by atoms with E-state index < -0.39 is 24.3 Å². The van der Waals surface area contributed by atoms with Gasteiger partial charge in [0.15, 0.2) is 0 Å². The molecule has 0 aromatic carbocycles. The number of nitrogens with zero attached hydrogens (tertiary/aromatic N) is 2. The fraction of sp³-hybridized carbons (Fsp3) is 0.550. The molecular weight excluding hydrogens is 478 g/mol. The first-order chi connectivity index (χ1) is 15.8. The van der Waals surface area contributed by atoms with Crippen LogP contribution in [-0.4, -0.2) is 82.4 Å². The smallest absolute Gasteiger partial charge is 0.475 e. The van der Waals surface area contributed by atoms with E-state index in [0.717, 1.165) is 31.8 Å². The number of carboxylic acid groups (broad SMARTS) is 2. The first-order valence-corrected chi connectivity index (χ1v) is 9.85. The van der Waals surface area contributed by atoms with Gasteiger partial charge in [-0.2, -0.15) is 26.3 Å². The van der Waals surface area contributed by atoms with Crippen LogP contribution in [0.3, 0.4) is 0 Å². The topological polar surface area (TPSA) is 109 Å². The summed E-state index contributed by atoms with van der Waals surface area (Å²) in [4.78, 5) is 24.7. The van der Waals surface area contributed by atoms with E-state index in [1.165, 1.54) is 6.42 Å². The van der Waals surface area contributed by atoms with E-state index in [9.17, 15) is 26.3 Å². The average molecular weight is 502 g/mol. The van der Waals surface area contributed by atoms with Crippen LogP contribution in [0.15, 0.2) is 37.1 Å². The third-order valence-corrected chi connectivity index (χ3v) is 4.59. The lowest BCUT2D eigenvalue weighted by atomic mass is 10.0.